The molecule has 0 radical (unpaired) electrons. The van der Waals surface area contributed by atoms with Crippen LogP contribution in [-0.2, 0) is 21.0 Å². The molecule has 36 heavy (non-hydrogen) atoms. The molecule has 1 aromatic carbocycles. The second-order valence-corrected chi connectivity index (χ2v) is 12.3. The predicted molar refractivity (Wildman–Crippen MR) is 151 cm³/mol. The van der Waals surface area contributed by atoms with Gasteiger partial charge < -0.3 is 14.8 Å². The van der Waals surface area contributed by atoms with E-state index in [2.05, 4.69) is 28.8 Å². The van der Waals surface area contributed by atoms with Gasteiger partial charge in [0.1, 0.15) is 0 Å². The number of carbonyl (C=O) groups excluding carboxylic acids is 1. The van der Waals surface area contributed by atoms with Crippen LogP contribution in [0.5, 0.6) is 0 Å². The summed E-state index contributed by atoms with van der Waals surface area (Å²) in [6.07, 6.45) is 12.1. The minimum absolute atomic E-state index is 0.106. The van der Waals surface area contributed by atoms with Gasteiger partial charge in [-0.2, -0.15) is 23.5 Å². The number of aromatic nitrogens is 2. The standard InChI is InChI=1S/C28H41N3O3S2/c1-2-33-16-17-34-15-14-29-28(32)21-10-13-24-25(18-21)31-27-20-36-23-9-7-5-3-4-6-8-22(11-12-23)35-19-26(27)30-24/h10,13,18,22-23H,2-9,11-12,14-17,19-20H2,1H3,(H,29,32). The van der Waals surface area contributed by atoms with Crippen molar-refractivity contribution in [3.63, 3.8) is 0 Å². The molecule has 4 rings (SSSR count). The van der Waals surface area contributed by atoms with Crippen molar-refractivity contribution in [3.8, 4) is 0 Å². The molecule has 0 saturated heterocycles. The zero-order valence-corrected chi connectivity index (χ0v) is 23.3. The number of benzene rings is 1. The van der Waals surface area contributed by atoms with E-state index in [1.54, 1.807) is 0 Å². The van der Waals surface area contributed by atoms with E-state index in [0.29, 0.717) is 43.8 Å². The second-order valence-electron chi connectivity index (χ2n) is 9.67. The van der Waals surface area contributed by atoms with Crippen LogP contribution in [0.4, 0.5) is 0 Å². The van der Waals surface area contributed by atoms with Crippen molar-refractivity contribution in [3.05, 3.63) is 35.2 Å². The molecule has 6 nitrogen and oxygen atoms in total. The third kappa shape index (κ3) is 8.61. The van der Waals surface area contributed by atoms with E-state index >= 15 is 0 Å². The Balaban J connectivity index is 1.43. The lowest BCUT2D eigenvalue weighted by Gasteiger charge is -2.23. The summed E-state index contributed by atoms with van der Waals surface area (Å²) < 4.78 is 10.7. The Morgan fingerprint density at radius 3 is 2.19 bits per heavy atom. The van der Waals surface area contributed by atoms with Gasteiger partial charge in [-0.15, -0.1) is 0 Å². The van der Waals surface area contributed by atoms with Gasteiger partial charge in [-0.05, 0) is 50.8 Å². The van der Waals surface area contributed by atoms with Crippen LogP contribution in [-0.4, -0.2) is 59.3 Å². The average molecular weight is 532 g/mol. The molecular formula is C28H41N3O3S2. The van der Waals surface area contributed by atoms with Crippen molar-refractivity contribution < 1.29 is 14.3 Å². The number of thioether (sulfide) groups is 2. The highest BCUT2D eigenvalue weighted by Crippen LogP contribution is 2.35. The van der Waals surface area contributed by atoms with Crippen LogP contribution < -0.4 is 5.32 Å². The fourth-order valence-electron chi connectivity index (χ4n) is 4.86. The maximum absolute atomic E-state index is 12.7. The molecule has 2 aromatic rings. The number of amides is 1. The molecule has 8 heteroatoms. The molecule has 1 N–H and O–H groups in total. The van der Waals surface area contributed by atoms with Gasteiger partial charge in [-0.1, -0.05) is 32.1 Å². The number of nitrogens with zero attached hydrogens (tertiary/aromatic N) is 2. The van der Waals surface area contributed by atoms with Crippen molar-refractivity contribution in [2.75, 3.05) is 33.0 Å². The molecule has 2 bridgehead atoms. The van der Waals surface area contributed by atoms with Crippen LogP contribution >= 0.6 is 23.5 Å². The highest BCUT2D eigenvalue weighted by atomic mass is 32.2. The summed E-state index contributed by atoms with van der Waals surface area (Å²) in [6.45, 7) is 4.70. The Bertz CT molecular complexity index is 974. The van der Waals surface area contributed by atoms with Crippen LogP contribution in [0.1, 0.15) is 86.5 Å². The lowest BCUT2D eigenvalue weighted by atomic mass is 10.1. The Morgan fingerprint density at radius 2 is 1.50 bits per heavy atom. The van der Waals surface area contributed by atoms with Crippen LogP contribution in [0.3, 0.4) is 0 Å². The van der Waals surface area contributed by atoms with Crippen LogP contribution in [0.15, 0.2) is 18.2 Å². The zero-order valence-electron chi connectivity index (χ0n) is 21.6. The molecule has 2 heterocycles. The molecule has 1 amide bonds. The molecule has 1 aliphatic heterocycles. The summed E-state index contributed by atoms with van der Waals surface area (Å²) in [5, 5.41) is 4.37. The van der Waals surface area contributed by atoms with Crippen LogP contribution in [0.2, 0.25) is 0 Å². The van der Waals surface area contributed by atoms with E-state index in [4.69, 9.17) is 19.4 Å². The highest BCUT2D eigenvalue weighted by Gasteiger charge is 2.21. The number of hydrogen-bond acceptors (Lipinski definition) is 7. The second kappa shape index (κ2) is 15.2. The maximum atomic E-state index is 12.7. The van der Waals surface area contributed by atoms with Gasteiger partial charge >= 0.3 is 0 Å². The molecule has 198 valence electrons. The van der Waals surface area contributed by atoms with Crippen molar-refractivity contribution in [2.45, 2.75) is 86.7 Å². The first kappa shape index (κ1) is 27.7. The highest BCUT2D eigenvalue weighted by molar-refractivity contribution is 7.99. The average Bonchev–Trinajstić information content (AvgIpc) is 2.95. The maximum Gasteiger partial charge on any atom is 0.251 e. The lowest BCUT2D eigenvalue weighted by Crippen LogP contribution is -2.27. The number of ether oxygens (including phenoxy) is 2. The van der Waals surface area contributed by atoms with Gasteiger partial charge in [0.15, 0.2) is 0 Å². The number of fused-ring (bicyclic) bond motifs is 5. The number of carbonyl (C=O) groups is 1. The summed E-state index contributed by atoms with van der Waals surface area (Å²) in [7, 11) is 0. The summed E-state index contributed by atoms with van der Waals surface area (Å²) in [4.78, 5) is 22.8. The molecular weight excluding hydrogens is 490 g/mol. The normalized spacial score (nSPS) is 21.5. The van der Waals surface area contributed by atoms with Gasteiger partial charge in [0.2, 0.25) is 0 Å². The Hall–Kier alpha value is -1.35. The fourth-order valence-corrected chi connectivity index (χ4v) is 7.39. The predicted octanol–water partition coefficient (Wildman–Crippen LogP) is 6.15. The Kier molecular flexibility index (Phi) is 11.7. The Labute approximate surface area is 224 Å². The quantitative estimate of drug-likeness (QED) is 0.409. The van der Waals surface area contributed by atoms with E-state index in [9.17, 15) is 4.79 Å². The SMILES string of the molecule is CCOCCOCCNC(=O)c1ccc2nc3c(nc2c1)CSC1CCCCCCCC(CC1)SC3. The van der Waals surface area contributed by atoms with Crippen LogP contribution in [0, 0.1) is 0 Å². The van der Waals surface area contributed by atoms with E-state index in [0.717, 1.165) is 39.2 Å². The minimum Gasteiger partial charge on any atom is -0.379 e. The molecule has 1 saturated carbocycles. The van der Waals surface area contributed by atoms with Gasteiger partial charge in [0.05, 0.1) is 42.2 Å². The van der Waals surface area contributed by atoms with Crippen molar-refractivity contribution in [1.82, 2.24) is 15.3 Å². The fraction of sp³-hybridized carbons (Fsp3) is 0.679. The topological polar surface area (TPSA) is 73.3 Å². The molecule has 2 unspecified atom stereocenters. The molecule has 1 aromatic heterocycles. The van der Waals surface area contributed by atoms with E-state index in [-0.39, 0.29) is 5.91 Å². The van der Waals surface area contributed by atoms with E-state index < -0.39 is 0 Å². The number of rotatable bonds is 8. The smallest absolute Gasteiger partial charge is 0.251 e. The molecule has 1 fully saturated rings. The third-order valence-corrected chi connectivity index (χ3v) is 9.73. The number of hydrogen-bond donors (Lipinski definition) is 1. The third-order valence-electron chi connectivity index (χ3n) is 6.96. The van der Waals surface area contributed by atoms with Gasteiger partial charge in [0, 0.05) is 40.7 Å². The first-order valence-corrected chi connectivity index (χ1v) is 15.8. The van der Waals surface area contributed by atoms with E-state index in [1.165, 1.54) is 57.8 Å². The van der Waals surface area contributed by atoms with Gasteiger partial charge in [-0.25, -0.2) is 9.97 Å². The minimum atomic E-state index is -0.106. The first-order valence-electron chi connectivity index (χ1n) is 13.7. The summed E-state index contributed by atoms with van der Waals surface area (Å²) in [6, 6.07) is 5.67. The summed E-state index contributed by atoms with van der Waals surface area (Å²) >= 11 is 4.16. The molecule has 0 spiro atoms. The summed E-state index contributed by atoms with van der Waals surface area (Å²) in [5.41, 5.74) is 4.52. The van der Waals surface area contributed by atoms with Crippen molar-refractivity contribution in [1.29, 1.82) is 0 Å². The lowest BCUT2D eigenvalue weighted by molar-refractivity contribution is 0.0531. The summed E-state index contributed by atoms with van der Waals surface area (Å²) in [5.74, 6) is 1.73. The molecule has 1 aliphatic carbocycles. The first-order chi connectivity index (χ1) is 17.7. The van der Waals surface area contributed by atoms with Crippen molar-refractivity contribution >= 4 is 40.5 Å². The largest absolute Gasteiger partial charge is 0.379 e. The van der Waals surface area contributed by atoms with Gasteiger partial charge in [-0.3, -0.25) is 4.79 Å². The molecule has 2 atom stereocenters. The van der Waals surface area contributed by atoms with Crippen LogP contribution in [0.25, 0.3) is 11.0 Å². The van der Waals surface area contributed by atoms with Gasteiger partial charge in [0.25, 0.3) is 5.91 Å². The van der Waals surface area contributed by atoms with E-state index in [1.807, 2.05) is 25.1 Å². The zero-order chi connectivity index (χ0) is 25.0. The Morgan fingerprint density at radius 1 is 0.861 bits per heavy atom. The monoisotopic (exact) mass is 531 g/mol. The number of nitrogens with one attached hydrogen (secondary N) is 1. The van der Waals surface area contributed by atoms with Crippen molar-refractivity contribution in [2.24, 2.45) is 0 Å². The molecule has 2 aliphatic rings.